The Hall–Kier alpha value is -2.06. The van der Waals surface area contributed by atoms with Gasteiger partial charge in [-0.1, -0.05) is 100 Å². The summed E-state index contributed by atoms with van der Waals surface area (Å²) in [5.74, 6) is 3.65. The molecule has 3 saturated carbocycles. The summed E-state index contributed by atoms with van der Waals surface area (Å²) in [7, 11) is 0. The molecule has 0 bridgehead atoms. The van der Waals surface area contributed by atoms with Crippen LogP contribution in [-0.4, -0.2) is 49.2 Å². The van der Waals surface area contributed by atoms with Gasteiger partial charge in [0.15, 0.2) is 12.1 Å². The summed E-state index contributed by atoms with van der Waals surface area (Å²) in [5.41, 5.74) is 4.58. The van der Waals surface area contributed by atoms with Crippen LogP contribution in [0.5, 0.6) is 0 Å². The Balaban J connectivity index is 0.855. The lowest BCUT2D eigenvalue weighted by atomic mass is 9.47. The molecule has 4 aliphatic carbocycles. The van der Waals surface area contributed by atoms with E-state index in [4.69, 9.17) is 28.4 Å². The summed E-state index contributed by atoms with van der Waals surface area (Å²) < 4.78 is 40.3. The average molecular weight is 725 g/mol. The molecule has 2 aromatic carbocycles. The molecule has 0 N–H and O–H groups in total. The molecular formula is C47H64O6. The lowest BCUT2D eigenvalue weighted by molar-refractivity contribution is -0.279. The van der Waals surface area contributed by atoms with Gasteiger partial charge in [-0.3, -0.25) is 0 Å². The van der Waals surface area contributed by atoms with Crippen LogP contribution in [0.25, 0.3) is 0 Å². The second kappa shape index (κ2) is 14.5. The van der Waals surface area contributed by atoms with Gasteiger partial charge in [0.05, 0.1) is 44.2 Å². The summed E-state index contributed by atoms with van der Waals surface area (Å²) >= 11 is 0. The van der Waals surface area contributed by atoms with Crippen molar-refractivity contribution in [1.82, 2.24) is 0 Å². The Labute approximate surface area is 318 Å². The average Bonchev–Trinajstić information content (AvgIpc) is 3.61. The zero-order chi connectivity index (χ0) is 36.4. The fraction of sp³-hybridized carbons (Fsp3) is 0.702. The van der Waals surface area contributed by atoms with E-state index in [0.717, 1.165) is 49.2 Å². The van der Waals surface area contributed by atoms with E-state index in [1.807, 2.05) is 12.1 Å². The van der Waals surface area contributed by atoms with E-state index in [2.05, 4.69) is 89.2 Å². The zero-order valence-electron chi connectivity index (χ0n) is 32.9. The van der Waals surface area contributed by atoms with Gasteiger partial charge in [-0.2, -0.15) is 0 Å². The van der Waals surface area contributed by atoms with Crippen LogP contribution >= 0.6 is 0 Å². The molecule has 0 radical (unpaired) electrons. The number of benzene rings is 2. The molecule has 6 fully saturated rings. The van der Waals surface area contributed by atoms with Gasteiger partial charge < -0.3 is 28.4 Å². The first-order valence-corrected chi connectivity index (χ1v) is 21.3. The van der Waals surface area contributed by atoms with E-state index in [-0.39, 0.29) is 41.9 Å². The van der Waals surface area contributed by atoms with Crippen LogP contribution < -0.4 is 0 Å². The Morgan fingerprint density at radius 1 is 0.792 bits per heavy atom. The summed E-state index contributed by atoms with van der Waals surface area (Å²) in [6.07, 6.45) is 13.8. The molecule has 3 heterocycles. The maximum Gasteiger partial charge on any atom is 0.171 e. The number of hydrogen-bond donors (Lipinski definition) is 0. The van der Waals surface area contributed by atoms with Crippen molar-refractivity contribution in [2.24, 2.45) is 46.3 Å². The van der Waals surface area contributed by atoms with Gasteiger partial charge in [0.2, 0.25) is 0 Å². The third-order valence-corrected chi connectivity index (χ3v) is 15.9. The second-order valence-electron chi connectivity index (χ2n) is 18.9. The molecular weight excluding hydrogens is 661 g/mol. The molecule has 0 unspecified atom stereocenters. The molecule has 0 aromatic heterocycles. The Morgan fingerprint density at radius 2 is 1.53 bits per heavy atom. The van der Waals surface area contributed by atoms with Crippen LogP contribution in [0.3, 0.4) is 0 Å². The van der Waals surface area contributed by atoms with E-state index in [0.29, 0.717) is 48.9 Å². The fourth-order valence-corrected chi connectivity index (χ4v) is 13.0. The number of hydrogen-bond acceptors (Lipinski definition) is 6. The van der Waals surface area contributed by atoms with Crippen molar-refractivity contribution in [3.8, 4) is 0 Å². The molecule has 2 aromatic rings. The molecule has 3 aliphatic heterocycles. The Kier molecular flexibility index (Phi) is 9.98. The van der Waals surface area contributed by atoms with Gasteiger partial charge in [0.25, 0.3) is 0 Å². The minimum Gasteiger partial charge on any atom is -0.371 e. The minimum absolute atomic E-state index is 0.117. The third-order valence-electron chi connectivity index (χ3n) is 15.9. The monoisotopic (exact) mass is 724 g/mol. The van der Waals surface area contributed by atoms with Crippen molar-refractivity contribution in [3.05, 3.63) is 83.4 Å². The maximum absolute atomic E-state index is 7.04. The second-order valence-corrected chi connectivity index (χ2v) is 18.9. The van der Waals surface area contributed by atoms with Crippen molar-refractivity contribution in [3.63, 3.8) is 0 Å². The predicted octanol–water partition coefficient (Wildman–Crippen LogP) is 10.0. The van der Waals surface area contributed by atoms with Crippen molar-refractivity contribution in [2.45, 2.75) is 155 Å². The largest absolute Gasteiger partial charge is 0.371 e. The standard InChI is InChI=1S/C47H64O6/c1-30-18-23-47(50-27-30)31(2)43-40(53-47)25-39-37-17-16-35-24-36(19-21-45(35,4)38(37)20-22-46(39,43)5)52-42-26-41(48-28-33-12-8-6-9-13-33)44(32(3)51-42)49-29-34-14-10-7-11-15-34/h6-16,30-32,36-44H,17-29H2,1-5H3/t30-,31+,32-,36+,37-,38+,39+,40+,41+,42+,43+,44+,45+,46+,47-/m1/s1. The molecule has 6 heteroatoms. The van der Waals surface area contributed by atoms with E-state index < -0.39 is 0 Å². The van der Waals surface area contributed by atoms with E-state index in [9.17, 15) is 0 Å². The summed E-state index contributed by atoms with van der Waals surface area (Å²) in [6, 6.07) is 20.8. The molecule has 15 atom stereocenters. The van der Waals surface area contributed by atoms with Crippen LogP contribution in [0.15, 0.2) is 72.3 Å². The minimum atomic E-state index is -0.333. The van der Waals surface area contributed by atoms with Gasteiger partial charge in [-0.05, 0) is 110 Å². The van der Waals surface area contributed by atoms with Gasteiger partial charge in [0.1, 0.15) is 6.10 Å². The quantitative estimate of drug-likeness (QED) is 0.253. The van der Waals surface area contributed by atoms with Crippen LogP contribution in [0.4, 0.5) is 0 Å². The number of rotatable bonds is 8. The molecule has 1 spiro atoms. The lowest BCUT2D eigenvalue weighted by Gasteiger charge is -2.58. The Bertz CT molecular complexity index is 1590. The van der Waals surface area contributed by atoms with Gasteiger partial charge in [0, 0.05) is 18.8 Å². The summed E-state index contributed by atoms with van der Waals surface area (Å²) in [5, 5.41) is 0. The van der Waals surface area contributed by atoms with Crippen LogP contribution in [0.2, 0.25) is 0 Å². The molecule has 53 heavy (non-hydrogen) atoms. The van der Waals surface area contributed by atoms with E-state index >= 15 is 0 Å². The van der Waals surface area contributed by atoms with Crippen molar-refractivity contribution < 1.29 is 28.4 Å². The highest BCUT2D eigenvalue weighted by Crippen LogP contribution is 2.70. The summed E-state index contributed by atoms with van der Waals surface area (Å²) in [6.45, 7) is 14.1. The highest BCUT2D eigenvalue weighted by molar-refractivity contribution is 5.26. The molecule has 6 nitrogen and oxygen atoms in total. The maximum atomic E-state index is 7.04. The fourth-order valence-electron chi connectivity index (χ4n) is 13.0. The van der Waals surface area contributed by atoms with Gasteiger partial charge in [-0.15, -0.1) is 0 Å². The van der Waals surface area contributed by atoms with Crippen molar-refractivity contribution in [2.75, 3.05) is 6.61 Å². The third kappa shape index (κ3) is 6.59. The summed E-state index contributed by atoms with van der Waals surface area (Å²) in [4.78, 5) is 0. The highest BCUT2D eigenvalue weighted by Gasteiger charge is 2.68. The SMILES string of the molecule is C[C@@H]1CC[C@@]2(OC1)O[C@H]1C[C@H]3[C@@H]4CC=C5C[C@@H](O[C@H]6C[C@H](OCc7ccccc7)[C@@H](OCc7ccccc7)[C@@H](C)O6)CC[C@]5(C)[C@H]4CC[C@]3(C)[C@H]1[C@@H]2C. The smallest absolute Gasteiger partial charge is 0.171 e. The molecule has 7 aliphatic rings. The predicted molar refractivity (Wildman–Crippen MR) is 206 cm³/mol. The Morgan fingerprint density at radius 3 is 2.25 bits per heavy atom. The first-order chi connectivity index (χ1) is 25.6. The van der Waals surface area contributed by atoms with Gasteiger partial charge in [-0.25, -0.2) is 0 Å². The van der Waals surface area contributed by atoms with Crippen LogP contribution in [0, 0.1) is 46.3 Å². The first kappa shape index (κ1) is 36.6. The number of ether oxygens (including phenoxy) is 6. The molecule has 0 amide bonds. The first-order valence-electron chi connectivity index (χ1n) is 21.3. The van der Waals surface area contributed by atoms with Gasteiger partial charge >= 0.3 is 0 Å². The van der Waals surface area contributed by atoms with Crippen LogP contribution in [-0.2, 0) is 41.6 Å². The highest BCUT2D eigenvalue weighted by atomic mass is 16.7. The molecule has 9 rings (SSSR count). The van der Waals surface area contributed by atoms with Crippen molar-refractivity contribution >= 4 is 0 Å². The normalized spacial score (nSPS) is 46.2. The van der Waals surface area contributed by atoms with E-state index in [1.54, 1.807) is 5.57 Å². The molecule has 3 saturated heterocycles. The molecule has 288 valence electrons. The van der Waals surface area contributed by atoms with Crippen molar-refractivity contribution in [1.29, 1.82) is 0 Å². The van der Waals surface area contributed by atoms with Crippen LogP contribution in [0.1, 0.15) is 110 Å². The zero-order valence-corrected chi connectivity index (χ0v) is 32.9. The topological polar surface area (TPSA) is 55.4 Å². The number of allylic oxidation sites excluding steroid dienone is 1. The lowest BCUT2D eigenvalue weighted by Crippen LogP contribution is -2.53. The number of fused-ring (bicyclic) bond motifs is 7. The van der Waals surface area contributed by atoms with E-state index in [1.165, 1.54) is 44.1 Å².